The molecule has 0 aliphatic rings. The number of hydrogen-bond acceptors (Lipinski definition) is 6. The van der Waals surface area contributed by atoms with Crippen LogP contribution in [0.4, 0.5) is 5.69 Å². The minimum Gasteiger partial charge on any atom is -0.493 e. The van der Waals surface area contributed by atoms with Gasteiger partial charge in [-0.15, -0.1) is 0 Å². The molecule has 7 heteroatoms. The molecule has 0 aromatic heterocycles. The van der Waals surface area contributed by atoms with Gasteiger partial charge in [0.05, 0.1) is 23.7 Å². The summed E-state index contributed by atoms with van der Waals surface area (Å²) in [6.07, 6.45) is 1.69. The molecule has 0 amide bonds. The first-order valence-electron chi connectivity index (χ1n) is 9.87. The largest absolute Gasteiger partial charge is 0.493 e. The third-order valence-corrected chi connectivity index (χ3v) is 4.64. The summed E-state index contributed by atoms with van der Waals surface area (Å²) in [4.78, 5) is 10.3. The lowest BCUT2D eigenvalue weighted by Gasteiger charge is -2.12. The maximum Gasteiger partial charge on any atom is 0.269 e. The molecule has 0 fully saturated rings. The molecule has 0 N–H and O–H groups in total. The number of non-ortho nitro benzene ring substituents is 1. The summed E-state index contributed by atoms with van der Waals surface area (Å²) in [5.41, 5.74) is 2.84. The van der Waals surface area contributed by atoms with E-state index in [0.29, 0.717) is 35.8 Å². The van der Waals surface area contributed by atoms with Gasteiger partial charge in [-0.25, -0.2) is 0 Å². The van der Waals surface area contributed by atoms with E-state index in [1.165, 1.54) is 17.7 Å². The number of methoxy groups -OCH3 is 1. The third-order valence-electron chi connectivity index (χ3n) is 4.64. The Balaban J connectivity index is 1.67. The zero-order valence-electron chi connectivity index (χ0n) is 17.8. The van der Waals surface area contributed by atoms with Crippen LogP contribution in [-0.2, 0) is 0 Å². The molecule has 3 aromatic carbocycles. The lowest BCUT2D eigenvalue weighted by molar-refractivity contribution is -0.384. The Morgan fingerprint density at radius 1 is 1.00 bits per heavy atom. The van der Waals surface area contributed by atoms with Crippen molar-refractivity contribution < 1.29 is 19.1 Å². The standard InChI is InChI=1S/C25H22N2O5/c1-18-3-10-23(11-4-18)31-13-14-32-24-12-5-19(16-25(24)30-2)15-21(17-26)20-6-8-22(9-7-20)27(28)29/h3-12,15-16H,13-14H2,1-2H3. The van der Waals surface area contributed by atoms with Crippen molar-refractivity contribution in [1.82, 2.24) is 0 Å². The zero-order chi connectivity index (χ0) is 22.9. The quantitative estimate of drug-likeness (QED) is 0.148. The molecule has 0 radical (unpaired) electrons. The summed E-state index contributed by atoms with van der Waals surface area (Å²) in [7, 11) is 1.54. The van der Waals surface area contributed by atoms with E-state index in [0.717, 1.165) is 11.3 Å². The van der Waals surface area contributed by atoms with E-state index in [-0.39, 0.29) is 5.69 Å². The molecule has 0 atom stereocenters. The summed E-state index contributed by atoms with van der Waals surface area (Å²) in [5, 5.41) is 20.3. The molecule has 3 rings (SSSR count). The van der Waals surface area contributed by atoms with Gasteiger partial charge in [0.15, 0.2) is 11.5 Å². The number of nitro groups is 1. The molecule has 0 saturated heterocycles. The van der Waals surface area contributed by atoms with E-state index in [4.69, 9.17) is 14.2 Å². The topological polar surface area (TPSA) is 94.6 Å². The minimum atomic E-state index is -0.477. The van der Waals surface area contributed by atoms with Crippen LogP contribution in [0.15, 0.2) is 66.7 Å². The highest BCUT2D eigenvalue weighted by atomic mass is 16.6. The van der Waals surface area contributed by atoms with Gasteiger partial charge in [-0.05, 0) is 60.5 Å². The van der Waals surface area contributed by atoms with Crippen molar-refractivity contribution in [1.29, 1.82) is 5.26 Å². The smallest absolute Gasteiger partial charge is 0.269 e. The predicted molar refractivity (Wildman–Crippen MR) is 122 cm³/mol. The summed E-state index contributed by atoms with van der Waals surface area (Å²) in [5.74, 6) is 1.86. The molecule has 32 heavy (non-hydrogen) atoms. The number of benzene rings is 3. The van der Waals surface area contributed by atoms with E-state index in [9.17, 15) is 15.4 Å². The monoisotopic (exact) mass is 430 g/mol. The normalized spacial score (nSPS) is 10.8. The maximum atomic E-state index is 10.8. The second kappa shape index (κ2) is 10.6. The summed E-state index contributed by atoms with van der Waals surface area (Å²) < 4.78 is 16.9. The van der Waals surface area contributed by atoms with Crippen LogP contribution < -0.4 is 14.2 Å². The first kappa shape index (κ1) is 22.4. The van der Waals surface area contributed by atoms with E-state index < -0.39 is 4.92 Å². The Labute approximate surface area is 186 Å². The number of rotatable bonds is 9. The second-order valence-electron chi connectivity index (χ2n) is 6.89. The summed E-state index contributed by atoms with van der Waals surface area (Å²) in [6, 6.07) is 21.1. The highest BCUT2D eigenvalue weighted by Crippen LogP contribution is 2.30. The SMILES string of the molecule is COc1cc(C=C(C#N)c2ccc([N+](=O)[O-])cc2)ccc1OCCOc1ccc(C)cc1. The zero-order valence-corrected chi connectivity index (χ0v) is 17.8. The van der Waals surface area contributed by atoms with Gasteiger partial charge in [-0.2, -0.15) is 5.26 Å². The van der Waals surface area contributed by atoms with Crippen LogP contribution in [0.25, 0.3) is 11.6 Å². The van der Waals surface area contributed by atoms with E-state index in [1.807, 2.05) is 31.2 Å². The molecule has 0 unspecified atom stereocenters. The molecule has 0 aliphatic carbocycles. The van der Waals surface area contributed by atoms with Crippen molar-refractivity contribution in [3.8, 4) is 23.3 Å². The van der Waals surface area contributed by atoms with Crippen LogP contribution in [0.2, 0.25) is 0 Å². The number of ether oxygens (including phenoxy) is 3. The van der Waals surface area contributed by atoms with Gasteiger partial charge in [0.25, 0.3) is 5.69 Å². The van der Waals surface area contributed by atoms with Gasteiger partial charge in [-0.3, -0.25) is 10.1 Å². The lowest BCUT2D eigenvalue weighted by Crippen LogP contribution is -2.09. The molecule has 3 aromatic rings. The van der Waals surface area contributed by atoms with Crippen molar-refractivity contribution in [2.45, 2.75) is 6.92 Å². The molecular weight excluding hydrogens is 408 g/mol. The Morgan fingerprint density at radius 2 is 1.69 bits per heavy atom. The van der Waals surface area contributed by atoms with Gasteiger partial charge >= 0.3 is 0 Å². The Bertz CT molecular complexity index is 1150. The van der Waals surface area contributed by atoms with Crippen molar-refractivity contribution in [3.63, 3.8) is 0 Å². The minimum absolute atomic E-state index is 0.0273. The Hall–Kier alpha value is -4.31. The first-order valence-corrected chi connectivity index (χ1v) is 9.87. The van der Waals surface area contributed by atoms with Crippen LogP contribution in [-0.4, -0.2) is 25.2 Å². The number of nitriles is 1. The molecule has 0 bridgehead atoms. The third kappa shape index (κ3) is 5.86. The summed E-state index contributed by atoms with van der Waals surface area (Å²) in [6.45, 7) is 2.74. The van der Waals surface area contributed by atoms with Crippen LogP contribution in [0, 0.1) is 28.4 Å². The highest BCUT2D eigenvalue weighted by Gasteiger charge is 2.09. The molecule has 0 heterocycles. The molecule has 162 valence electrons. The molecule has 0 spiro atoms. The number of aryl methyl sites for hydroxylation is 1. The van der Waals surface area contributed by atoms with Gasteiger partial charge in [-0.1, -0.05) is 23.8 Å². The number of allylic oxidation sites excluding steroid dienone is 1. The van der Waals surface area contributed by atoms with Gasteiger partial charge in [0.2, 0.25) is 0 Å². The van der Waals surface area contributed by atoms with Gasteiger partial charge in [0.1, 0.15) is 19.0 Å². The van der Waals surface area contributed by atoms with Crippen LogP contribution in [0.5, 0.6) is 17.2 Å². The van der Waals surface area contributed by atoms with Gasteiger partial charge < -0.3 is 14.2 Å². The van der Waals surface area contributed by atoms with Gasteiger partial charge in [0, 0.05) is 12.1 Å². The predicted octanol–water partition coefficient (Wildman–Crippen LogP) is 5.43. The van der Waals surface area contributed by atoms with Crippen molar-refractivity contribution in [2.75, 3.05) is 20.3 Å². The van der Waals surface area contributed by atoms with E-state index >= 15 is 0 Å². The fraction of sp³-hybridized carbons (Fsp3) is 0.160. The maximum absolute atomic E-state index is 10.8. The van der Waals surface area contributed by atoms with Crippen molar-refractivity contribution in [3.05, 3.63) is 93.5 Å². The molecule has 0 aliphatic heterocycles. The average Bonchev–Trinajstić information content (AvgIpc) is 2.82. The fourth-order valence-electron chi connectivity index (χ4n) is 2.95. The molecule has 0 saturated carbocycles. The van der Waals surface area contributed by atoms with Crippen molar-refractivity contribution in [2.24, 2.45) is 0 Å². The number of nitrogens with zero attached hydrogens (tertiary/aromatic N) is 2. The van der Waals surface area contributed by atoms with Crippen LogP contribution in [0.3, 0.4) is 0 Å². The number of hydrogen-bond donors (Lipinski definition) is 0. The second-order valence-corrected chi connectivity index (χ2v) is 6.89. The first-order chi connectivity index (χ1) is 15.5. The van der Waals surface area contributed by atoms with E-state index in [2.05, 4.69) is 6.07 Å². The average molecular weight is 430 g/mol. The lowest BCUT2D eigenvalue weighted by atomic mass is 10.0. The van der Waals surface area contributed by atoms with Crippen LogP contribution in [0.1, 0.15) is 16.7 Å². The van der Waals surface area contributed by atoms with E-state index in [1.54, 1.807) is 43.5 Å². The molecule has 7 nitrogen and oxygen atoms in total. The van der Waals surface area contributed by atoms with Crippen LogP contribution >= 0.6 is 0 Å². The fourth-order valence-corrected chi connectivity index (χ4v) is 2.95. The Kier molecular flexibility index (Phi) is 7.44. The molecular formula is C25H22N2O5. The Morgan fingerprint density at radius 3 is 2.31 bits per heavy atom. The van der Waals surface area contributed by atoms with Crippen molar-refractivity contribution >= 4 is 17.3 Å². The highest BCUT2D eigenvalue weighted by molar-refractivity contribution is 5.90. The number of nitro benzene ring substituents is 1. The summed E-state index contributed by atoms with van der Waals surface area (Å²) >= 11 is 0.